The summed E-state index contributed by atoms with van der Waals surface area (Å²) in [6, 6.07) is 32.4. The maximum absolute atomic E-state index is 4.49. The largest absolute Gasteiger partial charge is 0.305 e. The van der Waals surface area contributed by atoms with Crippen LogP contribution < -0.4 is 0 Å². The predicted octanol–water partition coefficient (Wildman–Crippen LogP) is 9.56. The average molecular weight is 715 g/mol. The maximum atomic E-state index is 4.49. The summed E-state index contributed by atoms with van der Waals surface area (Å²) in [5, 5.41) is 0. The molecule has 3 aromatic carbocycles. The van der Waals surface area contributed by atoms with Gasteiger partial charge in [-0.3, -0.25) is 0 Å². The van der Waals surface area contributed by atoms with Gasteiger partial charge in [-0.1, -0.05) is 95.1 Å². The van der Waals surface area contributed by atoms with E-state index in [1.165, 1.54) is 44.5 Å². The molecule has 211 valence electrons. The van der Waals surface area contributed by atoms with E-state index in [0.717, 1.165) is 22.5 Å². The number of hydrogen-bond acceptors (Lipinski definition) is 2. The van der Waals surface area contributed by atoms with Gasteiger partial charge in [-0.2, -0.15) is 0 Å². The van der Waals surface area contributed by atoms with Gasteiger partial charge < -0.3 is 9.97 Å². The molecule has 0 atom stereocenters. The van der Waals surface area contributed by atoms with Gasteiger partial charge in [-0.25, -0.2) is 0 Å². The number of aryl methyl sites for hydroxylation is 4. The molecule has 0 amide bonds. The van der Waals surface area contributed by atoms with E-state index in [4.69, 9.17) is 0 Å². The molecule has 0 saturated heterocycles. The molecule has 0 saturated carbocycles. The molecule has 0 spiro atoms. The fourth-order valence-electron chi connectivity index (χ4n) is 5.64. The zero-order chi connectivity index (χ0) is 28.7. The molecule has 0 aliphatic heterocycles. The molecule has 41 heavy (non-hydrogen) atoms. The molecule has 1 radical (unpaired) electrons. The third-order valence-electron chi connectivity index (χ3n) is 8.92. The molecule has 2 nitrogen and oxygen atoms in total. The summed E-state index contributed by atoms with van der Waals surface area (Å²) in [5.74, 6) is 0. The van der Waals surface area contributed by atoms with Crippen LogP contribution in [0.4, 0.5) is 0 Å². The van der Waals surface area contributed by atoms with E-state index in [9.17, 15) is 0 Å². The number of fused-ring (bicyclic) bond motifs is 3. The number of nitrogens with zero attached hydrogens (tertiary/aromatic N) is 2. The van der Waals surface area contributed by atoms with E-state index in [1.807, 2.05) is 36.7 Å². The Balaban J connectivity index is 0.000000200. The quantitative estimate of drug-likeness (QED) is 0.170. The molecule has 0 bridgehead atoms. The minimum atomic E-state index is 0. The smallest absolute Gasteiger partial charge is 0.0190 e. The van der Waals surface area contributed by atoms with Gasteiger partial charge in [-0.05, 0) is 58.8 Å². The molecule has 1 aliphatic carbocycles. The van der Waals surface area contributed by atoms with Crippen LogP contribution in [0, 0.1) is 39.8 Å². The minimum absolute atomic E-state index is 0. The van der Waals surface area contributed by atoms with Gasteiger partial charge in [0.2, 0.25) is 0 Å². The number of pyridine rings is 2. The van der Waals surface area contributed by atoms with Crippen molar-refractivity contribution in [3.63, 3.8) is 0 Å². The Morgan fingerprint density at radius 1 is 0.610 bits per heavy atom. The monoisotopic (exact) mass is 715 g/mol. The van der Waals surface area contributed by atoms with E-state index in [2.05, 4.69) is 126 Å². The second-order valence-electron chi connectivity index (χ2n) is 12.1. The SMILES string of the molecule is CC1(C)c2c[c-]c(-c3ccccn3)cc2-c2ccccc2C1(C)C.Cc1cnc(-c2[c-]cc(C)c(C)c2)c(C)c1.[Ir]. The van der Waals surface area contributed by atoms with E-state index >= 15 is 0 Å². The zero-order valence-corrected chi connectivity index (χ0v) is 27.7. The third kappa shape index (κ3) is 5.71. The molecule has 6 rings (SSSR count). The van der Waals surface area contributed by atoms with Crippen molar-refractivity contribution in [2.45, 2.75) is 66.2 Å². The van der Waals surface area contributed by atoms with Gasteiger partial charge in [0.1, 0.15) is 0 Å². The van der Waals surface area contributed by atoms with Crippen molar-refractivity contribution in [3.8, 4) is 33.6 Å². The van der Waals surface area contributed by atoms with Gasteiger partial charge in [0.15, 0.2) is 0 Å². The first-order chi connectivity index (χ1) is 19.0. The Hall–Kier alpha value is -3.39. The van der Waals surface area contributed by atoms with E-state index < -0.39 is 0 Å². The van der Waals surface area contributed by atoms with Crippen molar-refractivity contribution in [2.75, 3.05) is 0 Å². The molecule has 5 aromatic rings. The van der Waals surface area contributed by atoms with Crippen LogP contribution in [0.1, 0.15) is 61.1 Å². The second-order valence-corrected chi connectivity index (χ2v) is 12.1. The van der Waals surface area contributed by atoms with Crippen molar-refractivity contribution >= 4 is 0 Å². The van der Waals surface area contributed by atoms with Crippen LogP contribution in [-0.2, 0) is 30.9 Å². The molecule has 1 aliphatic rings. The molecule has 2 aromatic heterocycles. The zero-order valence-electron chi connectivity index (χ0n) is 25.3. The predicted molar refractivity (Wildman–Crippen MR) is 167 cm³/mol. The van der Waals surface area contributed by atoms with Gasteiger partial charge in [0, 0.05) is 32.5 Å². The van der Waals surface area contributed by atoms with Gasteiger partial charge in [-0.15, -0.1) is 64.2 Å². The van der Waals surface area contributed by atoms with Crippen LogP contribution in [0.3, 0.4) is 0 Å². The maximum Gasteiger partial charge on any atom is 0.0190 e. The fraction of sp³-hybridized carbons (Fsp3) is 0.263. The number of aromatic nitrogens is 2. The Morgan fingerprint density at radius 2 is 1.29 bits per heavy atom. The molecular formula is C38H38IrN2-2. The summed E-state index contributed by atoms with van der Waals surface area (Å²) in [5.41, 5.74) is 14.7. The second kappa shape index (κ2) is 11.8. The Bertz CT molecular complexity index is 1680. The first-order valence-electron chi connectivity index (χ1n) is 14.0. The summed E-state index contributed by atoms with van der Waals surface area (Å²) >= 11 is 0. The van der Waals surface area contributed by atoms with Crippen LogP contribution in [0.2, 0.25) is 0 Å². The summed E-state index contributed by atoms with van der Waals surface area (Å²) in [7, 11) is 0. The van der Waals surface area contributed by atoms with Gasteiger partial charge in [0.05, 0.1) is 0 Å². The van der Waals surface area contributed by atoms with E-state index in [0.29, 0.717) is 0 Å². The van der Waals surface area contributed by atoms with Crippen molar-refractivity contribution < 1.29 is 20.1 Å². The van der Waals surface area contributed by atoms with Crippen LogP contribution in [0.5, 0.6) is 0 Å². The van der Waals surface area contributed by atoms with E-state index in [1.54, 1.807) is 0 Å². The first-order valence-corrected chi connectivity index (χ1v) is 14.0. The molecule has 2 heterocycles. The van der Waals surface area contributed by atoms with Crippen molar-refractivity contribution in [1.29, 1.82) is 0 Å². The minimum Gasteiger partial charge on any atom is -0.305 e. The third-order valence-corrected chi connectivity index (χ3v) is 8.92. The standard InChI is InChI=1S/C23H22N.C15H16N.Ir/c1-22(2)19-10-6-5-9-17(19)18-15-16(21-11-7-8-14-24-21)12-13-20(18)23(22,3)4;1-10-7-13(4)15(16-9-10)14-6-5-11(2)12(3)8-14;/h5-11,13-15H,1-4H3;5,7-9H,1-4H3;/q2*-1;. The van der Waals surface area contributed by atoms with Crippen molar-refractivity contribution in [1.82, 2.24) is 9.97 Å². The van der Waals surface area contributed by atoms with Crippen molar-refractivity contribution in [3.05, 3.63) is 131 Å². The summed E-state index contributed by atoms with van der Waals surface area (Å²) in [6.07, 6.45) is 3.75. The first kappa shape index (κ1) is 30.6. The van der Waals surface area contributed by atoms with Crippen LogP contribution in [0.25, 0.3) is 33.6 Å². The number of benzene rings is 3. The summed E-state index contributed by atoms with van der Waals surface area (Å²) < 4.78 is 0. The van der Waals surface area contributed by atoms with E-state index in [-0.39, 0.29) is 30.9 Å². The van der Waals surface area contributed by atoms with Gasteiger partial charge in [0.25, 0.3) is 0 Å². The van der Waals surface area contributed by atoms with Crippen LogP contribution >= 0.6 is 0 Å². The molecule has 3 heteroatoms. The average Bonchev–Trinajstić information content (AvgIpc) is 2.94. The van der Waals surface area contributed by atoms with Crippen LogP contribution in [0.15, 0.2) is 85.2 Å². The topological polar surface area (TPSA) is 25.8 Å². The Kier molecular flexibility index (Phi) is 8.83. The summed E-state index contributed by atoms with van der Waals surface area (Å²) in [6.45, 7) is 17.8. The van der Waals surface area contributed by atoms with Gasteiger partial charge >= 0.3 is 0 Å². The van der Waals surface area contributed by atoms with Crippen LogP contribution in [-0.4, -0.2) is 9.97 Å². The molecule has 0 N–H and O–H groups in total. The number of hydrogen-bond donors (Lipinski definition) is 0. The summed E-state index contributed by atoms with van der Waals surface area (Å²) in [4.78, 5) is 8.98. The molecule has 0 fully saturated rings. The normalized spacial score (nSPS) is 14.0. The number of rotatable bonds is 2. The Labute approximate surface area is 259 Å². The molecular weight excluding hydrogens is 677 g/mol. The Morgan fingerprint density at radius 3 is 1.98 bits per heavy atom. The van der Waals surface area contributed by atoms with Crippen molar-refractivity contribution in [2.24, 2.45) is 0 Å². The molecule has 0 unspecified atom stereocenters. The fourth-order valence-corrected chi connectivity index (χ4v) is 5.64.